The molecule has 0 aromatic rings. The number of carbonyl (C=O) groups excluding carboxylic acids is 2. The smallest absolute Gasteiger partial charge is 0.267 e. The molecule has 0 unspecified atom stereocenters. The third-order valence-electron chi connectivity index (χ3n) is 3.31. The molecular formula is C12H19N3O2. The predicted octanol–water partition coefficient (Wildman–Crippen LogP) is -0.104. The summed E-state index contributed by atoms with van der Waals surface area (Å²) >= 11 is 0. The van der Waals surface area contributed by atoms with E-state index < -0.39 is 0 Å². The maximum Gasteiger partial charge on any atom is 0.267 e. The van der Waals surface area contributed by atoms with Crippen molar-refractivity contribution in [1.29, 1.82) is 0 Å². The van der Waals surface area contributed by atoms with Crippen LogP contribution in [0.5, 0.6) is 0 Å². The Morgan fingerprint density at radius 2 is 2.18 bits per heavy atom. The van der Waals surface area contributed by atoms with Crippen LogP contribution < -0.4 is 16.0 Å². The number of piperidine rings is 1. The van der Waals surface area contributed by atoms with E-state index in [0.717, 1.165) is 19.5 Å². The lowest BCUT2D eigenvalue weighted by Gasteiger charge is -2.22. The van der Waals surface area contributed by atoms with Gasteiger partial charge in [-0.15, -0.1) is 0 Å². The van der Waals surface area contributed by atoms with Gasteiger partial charge < -0.3 is 16.0 Å². The Morgan fingerprint density at radius 1 is 1.41 bits per heavy atom. The second kappa shape index (κ2) is 5.82. The van der Waals surface area contributed by atoms with Crippen molar-refractivity contribution in [2.24, 2.45) is 5.92 Å². The van der Waals surface area contributed by atoms with E-state index in [1.807, 2.05) is 0 Å². The second-order valence-corrected chi connectivity index (χ2v) is 4.61. The highest BCUT2D eigenvalue weighted by Gasteiger charge is 2.18. The van der Waals surface area contributed by atoms with E-state index in [2.05, 4.69) is 16.0 Å². The van der Waals surface area contributed by atoms with E-state index in [-0.39, 0.29) is 11.8 Å². The minimum atomic E-state index is -0.162. The van der Waals surface area contributed by atoms with Gasteiger partial charge in [0.1, 0.15) is 5.70 Å². The van der Waals surface area contributed by atoms with E-state index in [9.17, 15) is 9.59 Å². The third-order valence-corrected chi connectivity index (χ3v) is 3.31. The monoisotopic (exact) mass is 237 g/mol. The minimum absolute atomic E-state index is 0.103. The number of hydrogen-bond donors (Lipinski definition) is 3. The molecule has 0 radical (unpaired) electrons. The Hall–Kier alpha value is -1.36. The second-order valence-electron chi connectivity index (χ2n) is 4.61. The summed E-state index contributed by atoms with van der Waals surface area (Å²) in [5.74, 6) is 0.446. The van der Waals surface area contributed by atoms with Crippen LogP contribution in [0.1, 0.15) is 25.7 Å². The standard InChI is InChI=1S/C12H19N3O2/c16-11-2-1-10(15-11)12(17)14-8-5-9-3-6-13-7-4-9/h1,9,13H,2-8H2,(H,14,17)(H,15,16). The van der Waals surface area contributed by atoms with Gasteiger partial charge in [0.05, 0.1) is 0 Å². The number of amides is 2. The highest BCUT2D eigenvalue weighted by atomic mass is 16.2. The van der Waals surface area contributed by atoms with Crippen molar-refractivity contribution < 1.29 is 9.59 Å². The molecule has 3 N–H and O–H groups in total. The van der Waals surface area contributed by atoms with Crippen molar-refractivity contribution in [1.82, 2.24) is 16.0 Å². The Labute approximate surface area is 101 Å². The summed E-state index contributed by atoms with van der Waals surface area (Å²) in [6.45, 7) is 2.86. The summed E-state index contributed by atoms with van der Waals surface area (Å²) < 4.78 is 0. The zero-order valence-electron chi connectivity index (χ0n) is 9.92. The fourth-order valence-corrected chi connectivity index (χ4v) is 2.25. The molecule has 2 rings (SSSR count). The van der Waals surface area contributed by atoms with E-state index in [1.165, 1.54) is 12.8 Å². The Bertz CT molecular complexity index is 333. The molecule has 2 aliphatic heterocycles. The van der Waals surface area contributed by atoms with Gasteiger partial charge >= 0.3 is 0 Å². The first-order chi connectivity index (χ1) is 8.25. The van der Waals surface area contributed by atoms with Gasteiger partial charge in [0.2, 0.25) is 5.91 Å². The molecule has 0 atom stereocenters. The zero-order chi connectivity index (χ0) is 12.1. The van der Waals surface area contributed by atoms with Crippen LogP contribution in [0.2, 0.25) is 0 Å². The van der Waals surface area contributed by atoms with Crippen LogP contribution in [-0.2, 0) is 9.59 Å². The number of nitrogens with one attached hydrogen (secondary N) is 3. The summed E-state index contributed by atoms with van der Waals surface area (Å²) in [6, 6.07) is 0. The molecule has 0 saturated carbocycles. The van der Waals surface area contributed by atoms with Gasteiger partial charge in [0, 0.05) is 13.0 Å². The summed E-state index contributed by atoms with van der Waals surface area (Å²) in [4.78, 5) is 22.6. The van der Waals surface area contributed by atoms with Crippen LogP contribution in [0.4, 0.5) is 0 Å². The summed E-state index contributed by atoms with van der Waals surface area (Å²) in [5, 5.41) is 8.71. The molecule has 2 heterocycles. The minimum Gasteiger partial charge on any atom is -0.351 e. The van der Waals surface area contributed by atoms with Crippen LogP contribution in [0.25, 0.3) is 0 Å². The summed E-state index contributed by atoms with van der Waals surface area (Å²) in [5.41, 5.74) is 0.403. The quantitative estimate of drug-likeness (QED) is 0.639. The fourth-order valence-electron chi connectivity index (χ4n) is 2.25. The molecule has 5 heteroatoms. The summed E-state index contributed by atoms with van der Waals surface area (Å²) in [7, 11) is 0. The SMILES string of the molecule is O=C1CC=C(C(=O)NCCC2CCNCC2)N1. The first-order valence-electron chi connectivity index (χ1n) is 6.24. The zero-order valence-corrected chi connectivity index (χ0v) is 9.92. The van der Waals surface area contributed by atoms with Crippen LogP contribution >= 0.6 is 0 Å². The van der Waals surface area contributed by atoms with Crippen LogP contribution in [0.15, 0.2) is 11.8 Å². The molecule has 0 bridgehead atoms. The Balaban J connectivity index is 1.64. The number of hydrogen-bond acceptors (Lipinski definition) is 3. The van der Waals surface area contributed by atoms with Gasteiger partial charge in [-0.1, -0.05) is 0 Å². The largest absolute Gasteiger partial charge is 0.351 e. The Morgan fingerprint density at radius 3 is 2.82 bits per heavy atom. The maximum absolute atomic E-state index is 11.6. The maximum atomic E-state index is 11.6. The van der Waals surface area contributed by atoms with Gasteiger partial charge in [-0.25, -0.2) is 0 Å². The van der Waals surface area contributed by atoms with Crippen molar-refractivity contribution in [2.75, 3.05) is 19.6 Å². The molecule has 94 valence electrons. The van der Waals surface area contributed by atoms with E-state index in [1.54, 1.807) is 6.08 Å². The lowest BCUT2D eigenvalue weighted by Crippen LogP contribution is -2.34. The molecule has 1 fully saturated rings. The van der Waals surface area contributed by atoms with E-state index in [0.29, 0.717) is 24.6 Å². The van der Waals surface area contributed by atoms with Crippen LogP contribution in [0, 0.1) is 5.92 Å². The van der Waals surface area contributed by atoms with Gasteiger partial charge in [-0.2, -0.15) is 0 Å². The van der Waals surface area contributed by atoms with Crippen LogP contribution in [0.3, 0.4) is 0 Å². The highest BCUT2D eigenvalue weighted by Crippen LogP contribution is 2.14. The van der Waals surface area contributed by atoms with E-state index in [4.69, 9.17) is 0 Å². The molecule has 2 aliphatic rings. The number of carbonyl (C=O) groups is 2. The van der Waals surface area contributed by atoms with Crippen LogP contribution in [-0.4, -0.2) is 31.4 Å². The molecule has 0 aromatic heterocycles. The average molecular weight is 237 g/mol. The van der Waals surface area contributed by atoms with Gasteiger partial charge in [-0.05, 0) is 44.3 Å². The predicted molar refractivity (Wildman–Crippen MR) is 64.1 cm³/mol. The molecule has 5 nitrogen and oxygen atoms in total. The first kappa shape index (κ1) is 12.1. The molecular weight excluding hydrogens is 218 g/mol. The van der Waals surface area contributed by atoms with Crippen molar-refractivity contribution in [3.05, 3.63) is 11.8 Å². The molecule has 0 spiro atoms. The molecule has 0 aromatic carbocycles. The lowest BCUT2D eigenvalue weighted by atomic mass is 9.95. The summed E-state index contributed by atoms with van der Waals surface area (Å²) in [6.07, 6.45) is 5.36. The van der Waals surface area contributed by atoms with Crippen molar-refractivity contribution in [3.63, 3.8) is 0 Å². The van der Waals surface area contributed by atoms with Crippen molar-refractivity contribution in [3.8, 4) is 0 Å². The first-order valence-corrected chi connectivity index (χ1v) is 6.24. The molecule has 17 heavy (non-hydrogen) atoms. The lowest BCUT2D eigenvalue weighted by molar-refractivity contribution is -0.122. The topological polar surface area (TPSA) is 70.2 Å². The third kappa shape index (κ3) is 3.56. The average Bonchev–Trinajstić information content (AvgIpc) is 2.77. The molecule has 0 aliphatic carbocycles. The van der Waals surface area contributed by atoms with Gasteiger partial charge in [0.15, 0.2) is 0 Å². The molecule has 1 saturated heterocycles. The fraction of sp³-hybridized carbons (Fsp3) is 0.667. The normalized spacial score (nSPS) is 20.9. The molecule has 2 amide bonds. The van der Waals surface area contributed by atoms with E-state index >= 15 is 0 Å². The Kier molecular flexibility index (Phi) is 4.14. The van der Waals surface area contributed by atoms with Gasteiger partial charge in [0.25, 0.3) is 5.91 Å². The van der Waals surface area contributed by atoms with Crippen molar-refractivity contribution in [2.45, 2.75) is 25.7 Å². The highest BCUT2D eigenvalue weighted by molar-refractivity contribution is 6.00. The number of rotatable bonds is 4. The van der Waals surface area contributed by atoms with Crippen molar-refractivity contribution >= 4 is 11.8 Å². The van der Waals surface area contributed by atoms with Gasteiger partial charge in [-0.3, -0.25) is 9.59 Å².